The fourth-order valence-electron chi connectivity index (χ4n) is 5.95. The fraction of sp³-hybridized carbons (Fsp3) is 0.267. The molecule has 2 fully saturated rings. The number of amides is 1. The number of nitrogens with zero attached hydrogens (tertiary/aromatic N) is 4. The van der Waals surface area contributed by atoms with Gasteiger partial charge in [0, 0.05) is 54.2 Å². The molecule has 6 rings (SSSR count). The Morgan fingerprint density at radius 3 is 2.15 bits per heavy atom. The van der Waals surface area contributed by atoms with Crippen molar-refractivity contribution in [2.45, 2.75) is 35.9 Å². The Balaban J connectivity index is 1.27. The smallest absolute Gasteiger partial charge is 0.254 e. The van der Waals surface area contributed by atoms with Gasteiger partial charge in [-0.3, -0.25) is 9.78 Å². The second-order valence-corrected chi connectivity index (χ2v) is 12.9. The molecule has 2 aliphatic rings. The maximum absolute atomic E-state index is 13.8. The number of fused-ring (bicyclic) bond motifs is 3. The van der Waals surface area contributed by atoms with E-state index in [0.29, 0.717) is 23.4 Å². The third-order valence-electron chi connectivity index (χ3n) is 8.01. The number of halogens is 1. The first-order valence-electron chi connectivity index (χ1n) is 13.1. The Labute approximate surface area is 238 Å². The molecule has 40 heavy (non-hydrogen) atoms. The standard InChI is InChI=1S/C30H28ClN4O4S/c1-33(37)26-16-27-18-34(40(38,39)29-9-7-23-14-25(31)8-6-24(23)15-29)19-28(17-26)35(27)30(36)22-4-2-20(3-5-22)21-10-12-32-13-11-21/h2-15,26-28H,16-19H2,1H3/q-1. The van der Waals surface area contributed by atoms with Gasteiger partial charge in [-0.25, -0.2) is 8.42 Å². The number of aromatic nitrogens is 1. The highest BCUT2D eigenvalue weighted by atomic mass is 35.5. The summed E-state index contributed by atoms with van der Waals surface area (Å²) in [7, 11) is -2.34. The lowest BCUT2D eigenvalue weighted by molar-refractivity contribution is -0.000665. The van der Waals surface area contributed by atoms with Gasteiger partial charge in [0.15, 0.2) is 0 Å². The number of piperazine rings is 1. The van der Waals surface area contributed by atoms with E-state index in [4.69, 9.17) is 11.6 Å². The average molecular weight is 576 g/mol. The summed E-state index contributed by atoms with van der Waals surface area (Å²) in [5.74, 6) is -0.150. The number of rotatable bonds is 5. The van der Waals surface area contributed by atoms with E-state index in [2.05, 4.69) is 4.98 Å². The molecule has 2 aliphatic heterocycles. The van der Waals surface area contributed by atoms with Crippen LogP contribution in [0.4, 0.5) is 0 Å². The number of hydrogen-bond acceptors (Lipinski definition) is 6. The third-order valence-corrected chi connectivity index (χ3v) is 10.1. The van der Waals surface area contributed by atoms with Crippen LogP contribution in [0.15, 0.2) is 90.1 Å². The summed E-state index contributed by atoms with van der Waals surface area (Å²) in [6, 6.07) is 20.5. The fourth-order valence-corrected chi connectivity index (χ4v) is 7.68. The topological polar surface area (TPSA) is 96.9 Å². The van der Waals surface area contributed by atoms with Gasteiger partial charge in [-0.2, -0.15) is 4.31 Å². The summed E-state index contributed by atoms with van der Waals surface area (Å²) in [5, 5.41) is 15.4. The molecule has 4 aromatic rings. The zero-order chi connectivity index (χ0) is 28.0. The number of hydrogen-bond donors (Lipinski definition) is 0. The van der Waals surface area contributed by atoms with Crippen molar-refractivity contribution < 1.29 is 13.2 Å². The highest BCUT2D eigenvalue weighted by Crippen LogP contribution is 2.35. The lowest BCUT2D eigenvalue weighted by atomic mass is 9.87. The number of piperidine rings is 1. The lowest BCUT2D eigenvalue weighted by Crippen LogP contribution is -2.66. The third kappa shape index (κ3) is 5.00. The molecule has 2 bridgehead atoms. The van der Waals surface area contributed by atoms with Gasteiger partial charge >= 0.3 is 0 Å². The number of benzene rings is 3. The molecule has 1 amide bonds. The highest BCUT2D eigenvalue weighted by molar-refractivity contribution is 7.89. The van der Waals surface area contributed by atoms with Crippen LogP contribution in [0.3, 0.4) is 0 Å². The number of carbonyl (C=O) groups excluding carboxylic acids is 1. The van der Waals surface area contributed by atoms with E-state index in [1.165, 1.54) is 11.4 Å². The molecule has 0 aliphatic carbocycles. The van der Waals surface area contributed by atoms with E-state index in [9.17, 15) is 18.4 Å². The highest BCUT2D eigenvalue weighted by Gasteiger charge is 2.46. The molecule has 10 heteroatoms. The van der Waals surface area contributed by atoms with Crippen LogP contribution in [0.2, 0.25) is 5.02 Å². The van der Waals surface area contributed by atoms with Crippen molar-refractivity contribution in [2.24, 2.45) is 0 Å². The number of pyridine rings is 1. The second kappa shape index (κ2) is 10.6. The quantitative estimate of drug-likeness (QED) is 0.310. The van der Waals surface area contributed by atoms with Crippen LogP contribution in [0, 0.1) is 5.21 Å². The van der Waals surface area contributed by atoms with Crippen molar-refractivity contribution >= 4 is 38.3 Å². The first-order chi connectivity index (χ1) is 19.2. The maximum Gasteiger partial charge on any atom is 0.254 e. The molecular formula is C30H28ClN4O4S-. The van der Waals surface area contributed by atoms with E-state index in [-0.39, 0.29) is 29.9 Å². The van der Waals surface area contributed by atoms with Crippen LogP contribution in [0.1, 0.15) is 23.2 Å². The molecule has 3 heterocycles. The van der Waals surface area contributed by atoms with Gasteiger partial charge in [0.1, 0.15) is 0 Å². The van der Waals surface area contributed by atoms with E-state index < -0.39 is 22.1 Å². The maximum atomic E-state index is 13.8. The van der Waals surface area contributed by atoms with Crippen molar-refractivity contribution in [3.8, 4) is 11.1 Å². The molecule has 8 nitrogen and oxygen atoms in total. The van der Waals surface area contributed by atoms with E-state index >= 15 is 0 Å². The largest absolute Gasteiger partial charge is 0.785 e. The Bertz CT molecular complexity index is 1650. The van der Waals surface area contributed by atoms with Gasteiger partial charge in [0.2, 0.25) is 10.0 Å². The molecule has 2 saturated heterocycles. The van der Waals surface area contributed by atoms with Gasteiger partial charge in [0.05, 0.1) is 4.90 Å². The SMILES string of the molecule is CN([O-])C1CC2CN(S(=O)(=O)c3ccc4cc(Cl)ccc4c3)CC(C1)N2C(=O)c1ccc(-c2ccncc2)cc1. The van der Waals surface area contributed by atoms with E-state index in [0.717, 1.165) is 27.0 Å². The number of hydroxylamine groups is 2. The molecule has 0 radical (unpaired) electrons. The number of sulfonamides is 1. The van der Waals surface area contributed by atoms with Crippen LogP contribution in [-0.4, -0.2) is 71.8 Å². The van der Waals surface area contributed by atoms with Crippen LogP contribution < -0.4 is 0 Å². The molecule has 0 spiro atoms. The Hall–Kier alpha value is -3.34. The van der Waals surface area contributed by atoms with Crippen molar-refractivity contribution in [2.75, 3.05) is 20.1 Å². The summed E-state index contributed by atoms with van der Waals surface area (Å²) in [6.07, 6.45) is 4.25. The van der Waals surface area contributed by atoms with Crippen LogP contribution in [0.25, 0.3) is 21.9 Å². The first-order valence-corrected chi connectivity index (χ1v) is 14.9. The minimum atomic E-state index is -3.83. The van der Waals surface area contributed by atoms with Crippen molar-refractivity contribution in [1.29, 1.82) is 0 Å². The zero-order valence-corrected chi connectivity index (χ0v) is 23.4. The molecule has 2 atom stereocenters. The van der Waals surface area contributed by atoms with E-state index in [1.807, 2.05) is 24.3 Å². The summed E-state index contributed by atoms with van der Waals surface area (Å²) in [6.45, 7) is 0.255. The van der Waals surface area contributed by atoms with E-state index in [1.54, 1.807) is 65.8 Å². The van der Waals surface area contributed by atoms with Crippen molar-refractivity contribution in [1.82, 2.24) is 19.3 Å². The lowest BCUT2D eigenvalue weighted by Gasteiger charge is -2.54. The molecule has 0 saturated carbocycles. The van der Waals surface area contributed by atoms with Crippen molar-refractivity contribution in [3.05, 3.63) is 101 Å². The summed E-state index contributed by atoms with van der Waals surface area (Å²) in [5.41, 5.74) is 2.51. The van der Waals surface area contributed by atoms with Crippen LogP contribution in [-0.2, 0) is 10.0 Å². The molecule has 3 aromatic carbocycles. The minimum absolute atomic E-state index is 0.128. The monoisotopic (exact) mass is 575 g/mol. The normalized spacial score (nSPS) is 21.6. The first kappa shape index (κ1) is 26.9. The Morgan fingerprint density at radius 2 is 1.50 bits per heavy atom. The van der Waals surface area contributed by atoms with Gasteiger partial charge in [0.25, 0.3) is 5.91 Å². The van der Waals surface area contributed by atoms with Gasteiger partial charge < -0.3 is 15.2 Å². The molecule has 206 valence electrons. The molecular weight excluding hydrogens is 548 g/mol. The predicted octanol–water partition coefficient (Wildman–Crippen LogP) is 5.03. The minimum Gasteiger partial charge on any atom is -0.785 e. The summed E-state index contributed by atoms with van der Waals surface area (Å²) in [4.78, 5) is 19.8. The average Bonchev–Trinajstić information content (AvgIpc) is 2.96. The summed E-state index contributed by atoms with van der Waals surface area (Å²) >= 11 is 6.09. The Kier molecular flexibility index (Phi) is 7.10. The zero-order valence-electron chi connectivity index (χ0n) is 21.9. The number of carbonyl (C=O) groups is 1. The van der Waals surface area contributed by atoms with Gasteiger partial charge in [-0.05, 0) is 90.3 Å². The summed E-state index contributed by atoms with van der Waals surface area (Å²) < 4.78 is 29.0. The predicted molar refractivity (Wildman–Crippen MR) is 155 cm³/mol. The molecule has 1 aromatic heterocycles. The Morgan fingerprint density at radius 1 is 0.900 bits per heavy atom. The second-order valence-electron chi connectivity index (χ2n) is 10.5. The molecule has 2 unspecified atom stereocenters. The van der Waals surface area contributed by atoms with Crippen LogP contribution in [0.5, 0.6) is 0 Å². The molecule has 0 N–H and O–H groups in total. The van der Waals surface area contributed by atoms with Gasteiger partial charge in [-0.1, -0.05) is 35.9 Å². The van der Waals surface area contributed by atoms with Crippen molar-refractivity contribution in [3.63, 3.8) is 0 Å². The van der Waals surface area contributed by atoms with Crippen LogP contribution >= 0.6 is 11.6 Å². The van der Waals surface area contributed by atoms with Gasteiger partial charge in [-0.15, -0.1) is 0 Å².